The van der Waals surface area contributed by atoms with Gasteiger partial charge in [-0.25, -0.2) is 0 Å². The van der Waals surface area contributed by atoms with E-state index in [1.165, 1.54) is 0 Å². The summed E-state index contributed by atoms with van der Waals surface area (Å²) < 4.78 is 7.67. The normalized spacial score (nSPS) is 28.6. The monoisotopic (exact) mass is 309 g/mol. The number of rotatable bonds is 7. The molecule has 126 valence electrons. The minimum atomic E-state index is -0.713. The molecule has 0 amide bonds. The van der Waals surface area contributed by atoms with Crippen molar-refractivity contribution in [2.75, 3.05) is 13.2 Å². The molecule has 5 nitrogen and oxygen atoms in total. The highest BCUT2D eigenvalue weighted by molar-refractivity contribution is 5.14. The Morgan fingerprint density at radius 1 is 1.45 bits per heavy atom. The van der Waals surface area contributed by atoms with E-state index in [0.717, 1.165) is 5.56 Å². The van der Waals surface area contributed by atoms with Gasteiger partial charge in [-0.2, -0.15) is 5.10 Å². The maximum atomic E-state index is 10.9. The van der Waals surface area contributed by atoms with Crippen molar-refractivity contribution in [1.29, 1.82) is 0 Å². The Hall–Kier alpha value is -0.910. The standard InChI is InChI=1S/C17H31N3O2/c1-7-22-15-8-17(21,16(15,5)6)11-18-13(4)14-9-19-20(10-14)12(2)3/h9-10,12-13,15,18,21H,7-8,11H2,1-6H3. The number of hydrogen-bond donors (Lipinski definition) is 2. The maximum absolute atomic E-state index is 10.9. The first-order chi connectivity index (χ1) is 10.2. The molecule has 0 aliphatic heterocycles. The quantitative estimate of drug-likeness (QED) is 0.813. The summed E-state index contributed by atoms with van der Waals surface area (Å²) in [6.07, 6.45) is 4.81. The van der Waals surface area contributed by atoms with Crippen LogP contribution in [0.1, 0.15) is 65.6 Å². The van der Waals surface area contributed by atoms with Crippen molar-refractivity contribution in [3.05, 3.63) is 18.0 Å². The van der Waals surface area contributed by atoms with E-state index in [9.17, 15) is 5.11 Å². The number of nitrogens with one attached hydrogen (secondary N) is 1. The van der Waals surface area contributed by atoms with Crippen LogP contribution in [0.2, 0.25) is 0 Å². The van der Waals surface area contributed by atoms with E-state index in [0.29, 0.717) is 25.6 Å². The average Bonchev–Trinajstić information content (AvgIpc) is 2.94. The van der Waals surface area contributed by atoms with Crippen LogP contribution in [-0.2, 0) is 4.74 Å². The van der Waals surface area contributed by atoms with Gasteiger partial charge in [0.2, 0.25) is 0 Å². The second-order valence-electron chi connectivity index (χ2n) is 7.35. The fraction of sp³-hybridized carbons (Fsp3) is 0.824. The van der Waals surface area contributed by atoms with Crippen molar-refractivity contribution in [1.82, 2.24) is 15.1 Å². The van der Waals surface area contributed by atoms with Crippen LogP contribution in [0.15, 0.2) is 12.4 Å². The summed E-state index contributed by atoms with van der Waals surface area (Å²) in [4.78, 5) is 0. The zero-order valence-electron chi connectivity index (χ0n) is 14.8. The summed E-state index contributed by atoms with van der Waals surface area (Å²) in [7, 11) is 0. The Morgan fingerprint density at radius 3 is 2.64 bits per heavy atom. The fourth-order valence-electron chi connectivity index (χ4n) is 3.06. The molecular formula is C17H31N3O2. The summed E-state index contributed by atoms with van der Waals surface area (Å²) in [5.74, 6) is 0. The van der Waals surface area contributed by atoms with Gasteiger partial charge in [0.15, 0.2) is 0 Å². The third-order valence-corrected chi connectivity index (χ3v) is 5.25. The second kappa shape index (κ2) is 6.30. The molecule has 1 fully saturated rings. The van der Waals surface area contributed by atoms with Gasteiger partial charge in [0.1, 0.15) is 0 Å². The summed E-state index contributed by atoms with van der Waals surface area (Å²) >= 11 is 0. The molecule has 3 atom stereocenters. The predicted octanol–water partition coefficient (Wildman–Crippen LogP) is 2.68. The van der Waals surface area contributed by atoms with Gasteiger partial charge in [-0.15, -0.1) is 0 Å². The second-order valence-corrected chi connectivity index (χ2v) is 7.35. The SMILES string of the molecule is CCOC1CC(O)(CNC(C)c2cnn(C(C)C)c2)C1(C)C. The number of ether oxygens (including phenoxy) is 1. The summed E-state index contributed by atoms with van der Waals surface area (Å²) in [6, 6.07) is 0.529. The molecule has 1 aliphatic rings. The first kappa shape index (κ1) is 17.4. The minimum absolute atomic E-state index is 0.142. The Balaban J connectivity index is 1.92. The van der Waals surface area contributed by atoms with Crippen molar-refractivity contribution >= 4 is 0 Å². The third kappa shape index (κ3) is 3.07. The molecule has 0 radical (unpaired) electrons. The zero-order valence-corrected chi connectivity index (χ0v) is 14.8. The summed E-state index contributed by atoms with van der Waals surface area (Å²) in [5, 5.41) is 18.7. The van der Waals surface area contributed by atoms with Crippen molar-refractivity contribution in [2.24, 2.45) is 5.41 Å². The molecule has 3 unspecified atom stereocenters. The molecule has 2 rings (SSSR count). The van der Waals surface area contributed by atoms with Crippen LogP contribution in [0.3, 0.4) is 0 Å². The van der Waals surface area contributed by atoms with Crippen LogP contribution in [0, 0.1) is 5.41 Å². The van der Waals surface area contributed by atoms with Crippen LogP contribution in [-0.4, -0.2) is 39.7 Å². The lowest BCUT2D eigenvalue weighted by molar-refractivity contribution is -0.238. The molecule has 22 heavy (non-hydrogen) atoms. The van der Waals surface area contributed by atoms with E-state index in [1.807, 2.05) is 17.8 Å². The van der Waals surface area contributed by atoms with Crippen molar-refractivity contribution in [3.63, 3.8) is 0 Å². The van der Waals surface area contributed by atoms with Crippen LogP contribution >= 0.6 is 0 Å². The topological polar surface area (TPSA) is 59.3 Å². The molecule has 0 bridgehead atoms. The highest BCUT2D eigenvalue weighted by Crippen LogP contribution is 2.51. The molecule has 2 N–H and O–H groups in total. The molecule has 1 aromatic rings. The molecular weight excluding hydrogens is 278 g/mol. The molecule has 5 heteroatoms. The largest absolute Gasteiger partial charge is 0.388 e. The van der Waals surface area contributed by atoms with E-state index >= 15 is 0 Å². The van der Waals surface area contributed by atoms with E-state index < -0.39 is 5.60 Å². The number of nitrogens with zero attached hydrogens (tertiary/aromatic N) is 2. The van der Waals surface area contributed by atoms with Crippen molar-refractivity contribution in [3.8, 4) is 0 Å². The lowest BCUT2D eigenvalue weighted by Gasteiger charge is -2.58. The van der Waals surface area contributed by atoms with Crippen LogP contribution in [0.25, 0.3) is 0 Å². The van der Waals surface area contributed by atoms with E-state index in [4.69, 9.17) is 4.74 Å². The number of aliphatic hydroxyl groups is 1. The molecule has 1 aliphatic carbocycles. The number of hydrogen-bond acceptors (Lipinski definition) is 4. The lowest BCUT2D eigenvalue weighted by atomic mass is 9.56. The Morgan fingerprint density at radius 2 is 2.14 bits per heavy atom. The highest BCUT2D eigenvalue weighted by atomic mass is 16.5. The van der Waals surface area contributed by atoms with Gasteiger partial charge in [-0.3, -0.25) is 4.68 Å². The number of aromatic nitrogens is 2. The molecule has 0 aromatic carbocycles. The maximum Gasteiger partial charge on any atom is 0.0871 e. The van der Waals surface area contributed by atoms with E-state index in [-0.39, 0.29) is 17.6 Å². The summed E-state index contributed by atoms with van der Waals surface area (Å²) in [5.41, 5.74) is 0.211. The lowest BCUT2D eigenvalue weighted by Crippen LogP contribution is -2.68. The molecule has 1 aromatic heterocycles. The van der Waals surface area contributed by atoms with E-state index in [1.54, 1.807) is 0 Å². The molecule has 0 spiro atoms. The Bertz CT molecular complexity index is 498. The minimum Gasteiger partial charge on any atom is -0.388 e. The van der Waals surface area contributed by atoms with Gasteiger partial charge in [0.05, 0.1) is 17.9 Å². The molecule has 0 saturated heterocycles. The van der Waals surface area contributed by atoms with Crippen molar-refractivity contribution < 1.29 is 9.84 Å². The Kier molecular flexibility index (Phi) is 5.00. The van der Waals surface area contributed by atoms with Crippen LogP contribution in [0.4, 0.5) is 0 Å². The van der Waals surface area contributed by atoms with Crippen molar-refractivity contribution in [2.45, 2.75) is 71.8 Å². The first-order valence-corrected chi connectivity index (χ1v) is 8.32. The van der Waals surface area contributed by atoms with Gasteiger partial charge in [0.25, 0.3) is 0 Å². The van der Waals surface area contributed by atoms with Gasteiger partial charge in [-0.05, 0) is 27.7 Å². The van der Waals surface area contributed by atoms with E-state index in [2.05, 4.69) is 51.2 Å². The molecule has 1 saturated carbocycles. The Labute approximate surface area is 134 Å². The third-order valence-electron chi connectivity index (χ3n) is 5.25. The molecule has 1 heterocycles. The van der Waals surface area contributed by atoms with Crippen LogP contribution < -0.4 is 5.32 Å². The average molecular weight is 309 g/mol. The fourth-order valence-corrected chi connectivity index (χ4v) is 3.06. The van der Waals surface area contributed by atoms with Gasteiger partial charge >= 0.3 is 0 Å². The van der Waals surface area contributed by atoms with Gasteiger partial charge < -0.3 is 15.2 Å². The smallest absolute Gasteiger partial charge is 0.0871 e. The van der Waals surface area contributed by atoms with Gasteiger partial charge in [-0.1, -0.05) is 13.8 Å². The predicted molar refractivity (Wildman–Crippen MR) is 87.8 cm³/mol. The van der Waals surface area contributed by atoms with Gasteiger partial charge in [0, 0.05) is 48.8 Å². The highest BCUT2D eigenvalue weighted by Gasteiger charge is 2.59. The first-order valence-electron chi connectivity index (χ1n) is 8.32. The zero-order chi connectivity index (χ0) is 16.5. The summed E-state index contributed by atoms with van der Waals surface area (Å²) in [6.45, 7) is 13.8. The van der Waals surface area contributed by atoms with Crippen LogP contribution in [0.5, 0.6) is 0 Å².